The number of nitrogens with one attached hydrogen (secondary N) is 2. The van der Waals surface area contributed by atoms with E-state index in [0.717, 1.165) is 51.0 Å². The first-order chi connectivity index (χ1) is 14.8. The Morgan fingerprint density at radius 3 is 2.73 bits per heavy atom. The van der Waals surface area contributed by atoms with Gasteiger partial charge in [-0.3, -0.25) is 4.99 Å². The van der Waals surface area contributed by atoms with E-state index in [1.165, 1.54) is 25.7 Å². The molecule has 2 aliphatic rings. The van der Waals surface area contributed by atoms with Gasteiger partial charge in [0.15, 0.2) is 0 Å². The summed E-state index contributed by atoms with van der Waals surface area (Å²) in [6.07, 6.45) is 5.72. The molecule has 1 saturated carbocycles. The minimum Gasteiger partial charge on any atom is -0.457 e. The van der Waals surface area contributed by atoms with Crippen molar-refractivity contribution in [1.82, 2.24) is 4.98 Å². The van der Waals surface area contributed by atoms with Gasteiger partial charge in [0.1, 0.15) is 16.5 Å². The first-order valence-electron chi connectivity index (χ1n) is 10.8. The van der Waals surface area contributed by atoms with Gasteiger partial charge >= 0.3 is 0 Å². The minimum atomic E-state index is 0.185. The number of aromatic amines is 1. The molecule has 2 aromatic carbocycles. The quantitative estimate of drug-likeness (QED) is 0.467. The zero-order valence-electron chi connectivity index (χ0n) is 16.9. The number of hydrogen-bond donors (Lipinski definition) is 3. The van der Waals surface area contributed by atoms with Crippen molar-refractivity contribution in [3.63, 3.8) is 0 Å². The average Bonchev–Trinajstić information content (AvgIpc) is 3.49. The Kier molecular flexibility index (Phi) is 5.69. The summed E-state index contributed by atoms with van der Waals surface area (Å²) in [5.74, 6) is 2.60. The number of aliphatic hydroxyl groups is 1. The minimum absolute atomic E-state index is 0.185. The fourth-order valence-corrected chi connectivity index (χ4v) is 5.36. The van der Waals surface area contributed by atoms with E-state index < -0.39 is 0 Å². The van der Waals surface area contributed by atoms with Crippen LogP contribution in [-0.2, 0) is 0 Å². The van der Waals surface area contributed by atoms with Crippen LogP contribution in [-0.4, -0.2) is 39.6 Å². The number of rotatable bonds is 7. The lowest BCUT2D eigenvalue weighted by atomic mass is 10.1. The van der Waals surface area contributed by atoms with E-state index in [1.54, 1.807) is 11.8 Å². The fourth-order valence-electron chi connectivity index (χ4n) is 4.28. The molecule has 1 aliphatic heterocycles. The molecule has 1 atom stereocenters. The molecule has 1 fully saturated rings. The maximum atomic E-state index is 9.21. The SMILES string of the molecule is OCC[C@H]1CSC(c2cc3cc(Oc4ccccc4)cc(NC4CCCC4)c3[nH]2)=N1. The molecule has 5 rings (SSSR count). The number of benzene rings is 2. The van der Waals surface area contributed by atoms with Crippen LogP contribution in [0.15, 0.2) is 53.5 Å². The molecule has 0 amide bonds. The number of aromatic nitrogens is 1. The number of thioether (sulfide) groups is 1. The lowest BCUT2D eigenvalue weighted by Gasteiger charge is -2.16. The third kappa shape index (κ3) is 4.20. The van der Waals surface area contributed by atoms with E-state index in [4.69, 9.17) is 9.73 Å². The Hall–Kier alpha value is -2.44. The molecule has 156 valence electrons. The Morgan fingerprint density at radius 2 is 1.93 bits per heavy atom. The van der Waals surface area contributed by atoms with Gasteiger partial charge in [-0.05, 0) is 43.5 Å². The molecule has 0 unspecified atom stereocenters. The molecule has 2 heterocycles. The van der Waals surface area contributed by atoms with E-state index in [9.17, 15) is 5.11 Å². The number of H-pyrrole nitrogens is 1. The van der Waals surface area contributed by atoms with Crippen molar-refractivity contribution in [3.8, 4) is 11.5 Å². The van der Waals surface area contributed by atoms with Crippen molar-refractivity contribution in [2.75, 3.05) is 17.7 Å². The summed E-state index contributed by atoms with van der Waals surface area (Å²) < 4.78 is 6.16. The molecule has 1 aliphatic carbocycles. The Balaban J connectivity index is 1.50. The summed E-state index contributed by atoms with van der Waals surface area (Å²) >= 11 is 1.76. The third-order valence-electron chi connectivity index (χ3n) is 5.80. The predicted octanol–water partition coefficient (Wildman–Crippen LogP) is 5.56. The topological polar surface area (TPSA) is 69.6 Å². The first kappa shape index (κ1) is 19.5. The van der Waals surface area contributed by atoms with Gasteiger partial charge in [-0.15, -0.1) is 11.8 Å². The van der Waals surface area contributed by atoms with Gasteiger partial charge in [0.25, 0.3) is 0 Å². The number of para-hydroxylation sites is 1. The number of ether oxygens (including phenoxy) is 1. The van der Waals surface area contributed by atoms with Crippen LogP contribution >= 0.6 is 11.8 Å². The van der Waals surface area contributed by atoms with Gasteiger partial charge in [0.05, 0.1) is 22.9 Å². The van der Waals surface area contributed by atoms with Crippen LogP contribution < -0.4 is 10.1 Å². The third-order valence-corrected chi connectivity index (χ3v) is 6.95. The van der Waals surface area contributed by atoms with Crippen LogP contribution in [0.4, 0.5) is 5.69 Å². The summed E-state index contributed by atoms with van der Waals surface area (Å²) in [7, 11) is 0. The van der Waals surface area contributed by atoms with Crippen LogP contribution in [0.25, 0.3) is 10.9 Å². The second-order valence-corrected chi connectivity index (χ2v) is 9.08. The van der Waals surface area contributed by atoms with E-state index >= 15 is 0 Å². The average molecular weight is 422 g/mol. The zero-order chi connectivity index (χ0) is 20.3. The number of nitrogens with zero attached hydrogens (tertiary/aromatic N) is 1. The van der Waals surface area contributed by atoms with E-state index in [-0.39, 0.29) is 12.6 Å². The highest BCUT2D eigenvalue weighted by Gasteiger charge is 2.22. The highest BCUT2D eigenvalue weighted by molar-refractivity contribution is 8.14. The van der Waals surface area contributed by atoms with Crippen LogP contribution in [0.1, 0.15) is 37.8 Å². The molecule has 5 nitrogen and oxygen atoms in total. The van der Waals surface area contributed by atoms with Gasteiger partial charge in [-0.25, -0.2) is 0 Å². The maximum Gasteiger partial charge on any atom is 0.130 e. The summed E-state index contributed by atoms with van der Waals surface area (Å²) in [4.78, 5) is 8.40. The molecule has 0 bridgehead atoms. The number of fused-ring (bicyclic) bond motifs is 1. The smallest absolute Gasteiger partial charge is 0.130 e. The molecule has 0 saturated heterocycles. The molecule has 1 aromatic heterocycles. The molecule has 30 heavy (non-hydrogen) atoms. The number of anilines is 1. The van der Waals surface area contributed by atoms with E-state index in [2.05, 4.69) is 28.5 Å². The van der Waals surface area contributed by atoms with Gasteiger partial charge in [0.2, 0.25) is 0 Å². The maximum absolute atomic E-state index is 9.21. The Bertz CT molecular complexity index is 1040. The largest absolute Gasteiger partial charge is 0.457 e. The van der Waals surface area contributed by atoms with Crippen LogP contribution in [0.3, 0.4) is 0 Å². The monoisotopic (exact) mass is 421 g/mol. The molecular formula is C24H27N3O2S. The summed E-state index contributed by atoms with van der Waals surface area (Å²) in [5, 5.41) is 15.1. The summed E-state index contributed by atoms with van der Waals surface area (Å²) in [5.41, 5.74) is 3.24. The summed E-state index contributed by atoms with van der Waals surface area (Å²) in [6.45, 7) is 0.185. The van der Waals surface area contributed by atoms with Crippen molar-refractivity contribution in [2.24, 2.45) is 4.99 Å². The molecule has 0 spiro atoms. The molecule has 3 N–H and O–H groups in total. The molecule has 6 heteroatoms. The molecule has 0 radical (unpaired) electrons. The highest BCUT2D eigenvalue weighted by atomic mass is 32.2. The Labute approximate surface area is 180 Å². The van der Waals surface area contributed by atoms with Crippen molar-refractivity contribution in [2.45, 2.75) is 44.2 Å². The van der Waals surface area contributed by atoms with Gasteiger partial charge in [0, 0.05) is 29.9 Å². The van der Waals surface area contributed by atoms with Crippen molar-refractivity contribution in [3.05, 3.63) is 54.2 Å². The normalized spacial score (nSPS) is 19.4. The predicted molar refractivity (Wildman–Crippen MR) is 125 cm³/mol. The Morgan fingerprint density at radius 1 is 1.10 bits per heavy atom. The lowest BCUT2D eigenvalue weighted by Crippen LogP contribution is -2.14. The van der Waals surface area contributed by atoms with Gasteiger partial charge in [-0.1, -0.05) is 31.0 Å². The standard InChI is InChI=1S/C24H27N3O2S/c28-11-10-18-15-30-24(26-18)22-13-16-12-20(29-19-8-2-1-3-9-19)14-21(23(16)27-22)25-17-6-4-5-7-17/h1-3,8-9,12-14,17-18,25,27-28H,4-7,10-11,15H2/t18-/m0/s1. The van der Waals surface area contributed by atoms with E-state index in [0.29, 0.717) is 6.04 Å². The summed E-state index contributed by atoms with van der Waals surface area (Å²) in [6, 6.07) is 17.0. The second-order valence-electron chi connectivity index (χ2n) is 8.07. The van der Waals surface area contributed by atoms with Crippen molar-refractivity contribution >= 4 is 33.4 Å². The van der Waals surface area contributed by atoms with Crippen LogP contribution in [0.2, 0.25) is 0 Å². The second kappa shape index (κ2) is 8.74. The zero-order valence-corrected chi connectivity index (χ0v) is 17.8. The molecular weight excluding hydrogens is 394 g/mol. The van der Waals surface area contributed by atoms with E-state index in [1.807, 2.05) is 30.3 Å². The highest BCUT2D eigenvalue weighted by Crippen LogP contribution is 2.36. The number of aliphatic imine (C=N–C) groups is 1. The van der Waals surface area contributed by atoms with Gasteiger partial charge in [-0.2, -0.15) is 0 Å². The fraction of sp³-hybridized carbons (Fsp3) is 0.375. The van der Waals surface area contributed by atoms with Crippen molar-refractivity contribution in [1.29, 1.82) is 0 Å². The van der Waals surface area contributed by atoms with Crippen molar-refractivity contribution < 1.29 is 9.84 Å². The lowest BCUT2D eigenvalue weighted by molar-refractivity contribution is 0.280. The number of aliphatic hydroxyl groups excluding tert-OH is 1. The molecule has 3 aromatic rings. The van der Waals surface area contributed by atoms with Crippen LogP contribution in [0.5, 0.6) is 11.5 Å². The van der Waals surface area contributed by atoms with Crippen LogP contribution in [0, 0.1) is 0 Å². The first-order valence-corrected chi connectivity index (χ1v) is 11.7. The number of hydrogen-bond acceptors (Lipinski definition) is 5. The van der Waals surface area contributed by atoms with Gasteiger partial charge < -0.3 is 20.1 Å².